The van der Waals surface area contributed by atoms with Crippen LogP contribution in [0.2, 0.25) is 0 Å². The van der Waals surface area contributed by atoms with Gasteiger partial charge in [0, 0.05) is 16.6 Å². The molecular formula is C13H10BrFN2O3. The van der Waals surface area contributed by atoms with Crippen molar-refractivity contribution in [1.82, 2.24) is 0 Å². The molecule has 0 aliphatic heterocycles. The predicted octanol–water partition coefficient (Wildman–Crippen LogP) is 3.81. The minimum Gasteiger partial charge on any atom is -0.508 e. The maximum atomic E-state index is 13.6. The Bertz CT molecular complexity index is 664. The summed E-state index contributed by atoms with van der Waals surface area (Å²) in [5.41, 5.74) is 0.341. The number of nitrogens with one attached hydrogen (secondary N) is 1. The van der Waals surface area contributed by atoms with Crippen molar-refractivity contribution in [3.63, 3.8) is 0 Å². The van der Waals surface area contributed by atoms with Crippen LogP contribution in [0, 0.1) is 15.9 Å². The van der Waals surface area contributed by atoms with E-state index < -0.39 is 10.7 Å². The van der Waals surface area contributed by atoms with Crippen molar-refractivity contribution >= 4 is 27.3 Å². The van der Waals surface area contributed by atoms with Gasteiger partial charge in [0.1, 0.15) is 17.3 Å². The molecule has 0 radical (unpaired) electrons. The van der Waals surface area contributed by atoms with Gasteiger partial charge in [-0.25, -0.2) is 4.39 Å². The van der Waals surface area contributed by atoms with Gasteiger partial charge in [-0.3, -0.25) is 10.1 Å². The van der Waals surface area contributed by atoms with E-state index in [0.717, 1.165) is 6.07 Å². The highest BCUT2D eigenvalue weighted by Gasteiger charge is 2.14. The smallest absolute Gasteiger partial charge is 0.296 e. The molecule has 0 heterocycles. The number of rotatable bonds is 4. The number of nitro benzene ring substituents is 1. The zero-order valence-electron chi connectivity index (χ0n) is 10.1. The molecule has 0 aliphatic rings. The van der Waals surface area contributed by atoms with E-state index in [9.17, 15) is 19.6 Å². The summed E-state index contributed by atoms with van der Waals surface area (Å²) in [4.78, 5) is 10.3. The number of hydrogen-bond donors (Lipinski definition) is 2. The molecule has 2 rings (SSSR count). The first kappa shape index (κ1) is 14.3. The lowest BCUT2D eigenvalue weighted by atomic mass is 10.2. The number of nitrogens with zero attached hydrogens (tertiary/aromatic N) is 1. The second kappa shape index (κ2) is 5.87. The molecule has 0 amide bonds. The van der Waals surface area contributed by atoms with E-state index in [1.54, 1.807) is 12.1 Å². The summed E-state index contributed by atoms with van der Waals surface area (Å²) < 4.78 is 14.3. The van der Waals surface area contributed by atoms with Crippen LogP contribution in [0.4, 0.5) is 15.8 Å². The molecule has 0 saturated carbocycles. The molecule has 0 saturated heterocycles. The molecule has 2 N–H and O–H groups in total. The normalized spacial score (nSPS) is 10.3. The van der Waals surface area contributed by atoms with E-state index in [1.165, 1.54) is 18.2 Å². The Hall–Kier alpha value is -2.15. The summed E-state index contributed by atoms with van der Waals surface area (Å²) in [6, 6.07) is 8.34. The molecule has 2 aromatic rings. The van der Waals surface area contributed by atoms with Gasteiger partial charge in [0.2, 0.25) is 0 Å². The van der Waals surface area contributed by atoms with Crippen molar-refractivity contribution in [2.45, 2.75) is 6.54 Å². The quantitative estimate of drug-likeness (QED) is 0.504. The molecule has 7 heteroatoms. The Labute approximate surface area is 122 Å². The van der Waals surface area contributed by atoms with Gasteiger partial charge >= 0.3 is 0 Å². The first-order valence-electron chi connectivity index (χ1n) is 5.62. The third kappa shape index (κ3) is 3.24. The van der Waals surface area contributed by atoms with Crippen molar-refractivity contribution in [3.8, 4) is 5.75 Å². The van der Waals surface area contributed by atoms with E-state index in [0.29, 0.717) is 10.0 Å². The van der Waals surface area contributed by atoms with Crippen LogP contribution in [-0.2, 0) is 6.54 Å². The number of hydrogen-bond acceptors (Lipinski definition) is 4. The highest BCUT2D eigenvalue weighted by atomic mass is 79.9. The molecule has 0 aliphatic carbocycles. The van der Waals surface area contributed by atoms with Gasteiger partial charge in [-0.1, -0.05) is 22.0 Å². The van der Waals surface area contributed by atoms with Crippen LogP contribution >= 0.6 is 15.9 Å². The number of benzene rings is 2. The van der Waals surface area contributed by atoms with Crippen LogP contribution in [0.15, 0.2) is 40.9 Å². The standard InChI is InChI=1S/C13H10BrFN2O3/c14-9-2-1-8(11(15)5-9)7-16-12-4-3-10(18)6-13(12)17(19)20/h1-6,16,18H,7H2. The molecule has 20 heavy (non-hydrogen) atoms. The third-order valence-corrected chi connectivity index (χ3v) is 3.16. The fourth-order valence-electron chi connectivity index (χ4n) is 1.68. The molecular weight excluding hydrogens is 331 g/mol. The molecule has 0 fully saturated rings. The van der Waals surface area contributed by atoms with Crippen molar-refractivity contribution in [1.29, 1.82) is 0 Å². The zero-order valence-corrected chi connectivity index (χ0v) is 11.7. The summed E-state index contributed by atoms with van der Waals surface area (Å²) in [6.07, 6.45) is 0. The van der Waals surface area contributed by atoms with Gasteiger partial charge in [0.05, 0.1) is 11.0 Å². The molecule has 104 valence electrons. The average molecular weight is 341 g/mol. The van der Waals surface area contributed by atoms with Crippen LogP contribution in [-0.4, -0.2) is 10.0 Å². The number of phenols is 1. The van der Waals surface area contributed by atoms with Crippen molar-refractivity contribution in [3.05, 3.63) is 62.4 Å². The van der Waals surface area contributed by atoms with E-state index in [1.807, 2.05) is 0 Å². The van der Waals surface area contributed by atoms with Crippen molar-refractivity contribution < 1.29 is 14.4 Å². The molecule has 2 aromatic carbocycles. The van der Waals surface area contributed by atoms with Crippen molar-refractivity contribution in [2.24, 2.45) is 0 Å². The summed E-state index contributed by atoms with van der Waals surface area (Å²) in [5.74, 6) is -0.606. The number of anilines is 1. The van der Waals surface area contributed by atoms with Gasteiger partial charge in [-0.2, -0.15) is 0 Å². The summed E-state index contributed by atoms with van der Waals surface area (Å²) in [7, 11) is 0. The summed E-state index contributed by atoms with van der Waals surface area (Å²) in [5, 5.41) is 22.9. The topological polar surface area (TPSA) is 75.4 Å². The van der Waals surface area contributed by atoms with Crippen molar-refractivity contribution in [2.75, 3.05) is 5.32 Å². The van der Waals surface area contributed by atoms with Crippen LogP contribution in [0.25, 0.3) is 0 Å². The number of aromatic hydroxyl groups is 1. The second-order valence-electron chi connectivity index (χ2n) is 4.05. The summed E-state index contributed by atoms with van der Waals surface area (Å²) >= 11 is 3.15. The number of phenolic OH excluding ortho intramolecular Hbond substituents is 1. The Morgan fingerprint density at radius 2 is 2.05 bits per heavy atom. The fraction of sp³-hybridized carbons (Fsp3) is 0.0769. The molecule has 0 atom stereocenters. The highest BCUT2D eigenvalue weighted by molar-refractivity contribution is 9.10. The Balaban J connectivity index is 2.20. The second-order valence-corrected chi connectivity index (χ2v) is 4.96. The van der Waals surface area contributed by atoms with Gasteiger partial charge in [0.15, 0.2) is 0 Å². The first-order chi connectivity index (χ1) is 9.47. The number of halogens is 2. The average Bonchev–Trinajstić information content (AvgIpc) is 2.38. The molecule has 0 spiro atoms. The van der Waals surface area contributed by atoms with E-state index >= 15 is 0 Å². The Kier molecular flexibility index (Phi) is 4.19. The Morgan fingerprint density at radius 3 is 2.70 bits per heavy atom. The van der Waals surface area contributed by atoms with Crippen LogP contribution in [0.1, 0.15) is 5.56 Å². The summed E-state index contributed by atoms with van der Waals surface area (Å²) in [6.45, 7) is 0.102. The SMILES string of the molecule is O=[N+]([O-])c1cc(O)ccc1NCc1ccc(Br)cc1F. The van der Waals surface area contributed by atoms with Gasteiger partial charge in [-0.05, 0) is 24.3 Å². The van der Waals surface area contributed by atoms with Gasteiger partial charge < -0.3 is 10.4 Å². The first-order valence-corrected chi connectivity index (χ1v) is 6.42. The lowest BCUT2D eigenvalue weighted by molar-refractivity contribution is -0.384. The van der Waals surface area contributed by atoms with Crippen LogP contribution < -0.4 is 5.32 Å². The maximum absolute atomic E-state index is 13.6. The third-order valence-electron chi connectivity index (χ3n) is 2.66. The van der Waals surface area contributed by atoms with E-state index in [2.05, 4.69) is 21.2 Å². The van der Waals surface area contributed by atoms with Gasteiger partial charge in [0.25, 0.3) is 5.69 Å². The lowest BCUT2D eigenvalue weighted by Crippen LogP contribution is -2.04. The minimum absolute atomic E-state index is 0.102. The largest absolute Gasteiger partial charge is 0.508 e. The molecule has 5 nitrogen and oxygen atoms in total. The molecule has 0 aromatic heterocycles. The van der Waals surface area contributed by atoms with E-state index in [-0.39, 0.29) is 23.7 Å². The monoisotopic (exact) mass is 340 g/mol. The zero-order chi connectivity index (χ0) is 14.7. The van der Waals surface area contributed by atoms with Gasteiger partial charge in [-0.15, -0.1) is 0 Å². The van der Waals surface area contributed by atoms with E-state index in [4.69, 9.17) is 0 Å². The number of nitro groups is 1. The molecule has 0 unspecified atom stereocenters. The predicted molar refractivity (Wildman–Crippen MR) is 76.2 cm³/mol. The highest BCUT2D eigenvalue weighted by Crippen LogP contribution is 2.29. The molecule has 0 bridgehead atoms. The maximum Gasteiger partial charge on any atom is 0.296 e. The lowest BCUT2D eigenvalue weighted by Gasteiger charge is -2.08. The minimum atomic E-state index is -0.611. The van der Waals surface area contributed by atoms with Crippen LogP contribution in [0.3, 0.4) is 0 Å². The van der Waals surface area contributed by atoms with Crippen LogP contribution in [0.5, 0.6) is 5.75 Å². The fourth-order valence-corrected chi connectivity index (χ4v) is 2.01. The Morgan fingerprint density at radius 1 is 1.30 bits per heavy atom.